The van der Waals surface area contributed by atoms with Crippen molar-refractivity contribution in [2.24, 2.45) is 0 Å². The minimum Gasteiger partial charge on any atom is -0.368 e. The van der Waals surface area contributed by atoms with Gasteiger partial charge in [-0.05, 0) is 19.8 Å². The van der Waals surface area contributed by atoms with E-state index in [0.29, 0.717) is 5.95 Å². The summed E-state index contributed by atoms with van der Waals surface area (Å²) in [6.07, 6.45) is -2.28. The van der Waals surface area contributed by atoms with E-state index in [1.165, 1.54) is 0 Å². The topological polar surface area (TPSA) is 71.2 Å². The van der Waals surface area contributed by atoms with Crippen molar-refractivity contribution in [1.29, 1.82) is 0 Å². The molecule has 112 valence electrons. The maximum absolute atomic E-state index is 12.5. The Labute approximate surface area is 114 Å². The Balaban J connectivity index is 2.25. The predicted octanol–water partition coefficient (Wildman–Crippen LogP) is 1.44. The Morgan fingerprint density at radius 2 is 1.85 bits per heavy atom. The second kappa shape index (κ2) is 5.68. The fraction of sp³-hybridized carbons (Fsp3) is 0.727. The van der Waals surface area contributed by atoms with Crippen molar-refractivity contribution in [1.82, 2.24) is 15.0 Å². The van der Waals surface area contributed by atoms with Gasteiger partial charge in [0.1, 0.15) is 6.54 Å². The molecule has 1 aromatic heterocycles. The Bertz CT molecular complexity index is 458. The first-order valence-corrected chi connectivity index (χ1v) is 6.47. The lowest BCUT2D eigenvalue weighted by Crippen LogP contribution is -2.36. The van der Waals surface area contributed by atoms with E-state index in [-0.39, 0.29) is 18.4 Å². The molecule has 0 aromatic carbocycles. The van der Waals surface area contributed by atoms with E-state index >= 15 is 0 Å². The summed E-state index contributed by atoms with van der Waals surface area (Å²) in [6.45, 7) is 2.22. The third-order valence-electron chi connectivity index (χ3n) is 3.05. The van der Waals surface area contributed by atoms with E-state index in [1.54, 1.807) is 6.92 Å². The van der Waals surface area contributed by atoms with Crippen LogP contribution >= 0.6 is 0 Å². The van der Waals surface area contributed by atoms with Crippen molar-refractivity contribution >= 4 is 17.8 Å². The minimum atomic E-state index is -4.31. The van der Waals surface area contributed by atoms with Gasteiger partial charge in [-0.1, -0.05) is 0 Å². The summed E-state index contributed by atoms with van der Waals surface area (Å²) in [7, 11) is 0. The summed E-state index contributed by atoms with van der Waals surface area (Å²) in [4.78, 5) is 14.9. The number of anilines is 3. The first-order chi connectivity index (χ1) is 9.39. The second-order valence-corrected chi connectivity index (χ2v) is 4.62. The third kappa shape index (κ3) is 3.61. The minimum absolute atomic E-state index is 0.0285. The maximum atomic E-state index is 12.5. The summed E-state index contributed by atoms with van der Waals surface area (Å²) in [5.41, 5.74) is 5.59. The summed E-state index contributed by atoms with van der Waals surface area (Å²) in [6, 6.07) is 0. The van der Waals surface area contributed by atoms with Gasteiger partial charge in [0.05, 0.1) is 0 Å². The van der Waals surface area contributed by atoms with Gasteiger partial charge in [0.25, 0.3) is 0 Å². The standard InChI is InChI=1S/C11H17F3N6/c1-2-19(7-11(12,13)14)9-16-8(15)17-10(18-9)20-5-3-4-6-20/h2-7H2,1H3,(H2,15,16,17,18). The van der Waals surface area contributed by atoms with Gasteiger partial charge >= 0.3 is 6.18 Å². The summed E-state index contributed by atoms with van der Waals surface area (Å²) >= 11 is 0. The highest BCUT2D eigenvalue weighted by Crippen LogP contribution is 2.22. The van der Waals surface area contributed by atoms with Crippen molar-refractivity contribution in [3.63, 3.8) is 0 Å². The van der Waals surface area contributed by atoms with Crippen LogP contribution in [0.25, 0.3) is 0 Å². The van der Waals surface area contributed by atoms with Crippen molar-refractivity contribution in [3.05, 3.63) is 0 Å². The molecule has 1 saturated heterocycles. The first-order valence-electron chi connectivity index (χ1n) is 6.47. The Morgan fingerprint density at radius 3 is 2.40 bits per heavy atom. The van der Waals surface area contributed by atoms with Gasteiger partial charge in [0.2, 0.25) is 17.8 Å². The smallest absolute Gasteiger partial charge is 0.368 e. The van der Waals surface area contributed by atoms with Gasteiger partial charge in [-0.3, -0.25) is 0 Å². The van der Waals surface area contributed by atoms with E-state index in [1.807, 2.05) is 4.90 Å². The zero-order chi connectivity index (χ0) is 14.8. The van der Waals surface area contributed by atoms with E-state index in [0.717, 1.165) is 30.8 Å². The average molecular weight is 290 g/mol. The quantitative estimate of drug-likeness (QED) is 0.905. The van der Waals surface area contributed by atoms with Gasteiger partial charge in [0.15, 0.2) is 0 Å². The van der Waals surface area contributed by atoms with Crippen LogP contribution < -0.4 is 15.5 Å². The Kier molecular flexibility index (Phi) is 4.15. The molecule has 0 aliphatic carbocycles. The monoisotopic (exact) mass is 290 g/mol. The molecule has 0 bridgehead atoms. The summed E-state index contributed by atoms with van der Waals surface area (Å²) in [5.74, 6) is 0.266. The van der Waals surface area contributed by atoms with Gasteiger partial charge < -0.3 is 15.5 Å². The molecule has 0 radical (unpaired) electrons. The molecule has 2 heterocycles. The number of hydrogen-bond acceptors (Lipinski definition) is 6. The Morgan fingerprint density at radius 1 is 1.20 bits per heavy atom. The fourth-order valence-electron chi connectivity index (χ4n) is 2.11. The number of hydrogen-bond donors (Lipinski definition) is 1. The van der Waals surface area contributed by atoms with E-state index in [4.69, 9.17) is 5.73 Å². The molecule has 1 aliphatic rings. The highest BCUT2D eigenvalue weighted by atomic mass is 19.4. The number of rotatable bonds is 4. The van der Waals surface area contributed by atoms with Crippen LogP contribution in [0.2, 0.25) is 0 Å². The number of nitrogen functional groups attached to an aromatic ring is 1. The molecule has 2 rings (SSSR count). The lowest BCUT2D eigenvalue weighted by atomic mass is 10.4. The van der Waals surface area contributed by atoms with Crippen molar-refractivity contribution in [2.75, 3.05) is 41.7 Å². The van der Waals surface area contributed by atoms with Gasteiger partial charge in [0, 0.05) is 19.6 Å². The molecule has 0 spiro atoms. The fourth-order valence-corrected chi connectivity index (χ4v) is 2.11. The largest absolute Gasteiger partial charge is 0.406 e. The lowest BCUT2D eigenvalue weighted by molar-refractivity contribution is -0.119. The normalized spacial score (nSPS) is 15.7. The summed E-state index contributed by atoms with van der Waals surface area (Å²) in [5, 5.41) is 0. The van der Waals surface area contributed by atoms with Crippen LogP contribution in [0.3, 0.4) is 0 Å². The second-order valence-electron chi connectivity index (χ2n) is 4.62. The number of nitrogens with zero attached hydrogens (tertiary/aromatic N) is 5. The lowest BCUT2D eigenvalue weighted by Gasteiger charge is -2.23. The highest BCUT2D eigenvalue weighted by molar-refractivity contribution is 5.44. The van der Waals surface area contributed by atoms with Crippen molar-refractivity contribution in [2.45, 2.75) is 25.9 Å². The molecule has 1 aromatic rings. The van der Waals surface area contributed by atoms with Crippen LogP contribution in [0.1, 0.15) is 19.8 Å². The molecule has 2 N–H and O–H groups in total. The number of alkyl halides is 3. The highest BCUT2D eigenvalue weighted by Gasteiger charge is 2.32. The molecule has 0 unspecified atom stereocenters. The van der Waals surface area contributed by atoms with E-state index < -0.39 is 12.7 Å². The van der Waals surface area contributed by atoms with E-state index in [9.17, 15) is 13.2 Å². The van der Waals surface area contributed by atoms with Crippen molar-refractivity contribution < 1.29 is 13.2 Å². The first kappa shape index (κ1) is 14.6. The molecule has 0 saturated carbocycles. The number of nitrogens with two attached hydrogens (primary N) is 1. The van der Waals surface area contributed by atoms with Gasteiger partial charge in [-0.2, -0.15) is 28.1 Å². The average Bonchev–Trinajstić information content (AvgIpc) is 2.88. The molecule has 0 amide bonds. The SMILES string of the molecule is CCN(CC(F)(F)F)c1nc(N)nc(N2CCCC2)n1. The molecule has 0 atom stereocenters. The van der Waals surface area contributed by atoms with Crippen molar-refractivity contribution in [3.8, 4) is 0 Å². The van der Waals surface area contributed by atoms with Crippen LogP contribution in [0, 0.1) is 0 Å². The zero-order valence-corrected chi connectivity index (χ0v) is 11.2. The van der Waals surface area contributed by atoms with Crippen LogP contribution in [-0.2, 0) is 0 Å². The van der Waals surface area contributed by atoms with Gasteiger partial charge in [-0.25, -0.2) is 0 Å². The maximum Gasteiger partial charge on any atom is 0.406 e. The molecule has 6 nitrogen and oxygen atoms in total. The van der Waals surface area contributed by atoms with Crippen LogP contribution in [0.5, 0.6) is 0 Å². The number of halogens is 3. The molecule has 9 heteroatoms. The molecule has 1 fully saturated rings. The number of aromatic nitrogens is 3. The third-order valence-corrected chi connectivity index (χ3v) is 3.05. The van der Waals surface area contributed by atoms with Crippen LogP contribution in [-0.4, -0.2) is 47.3 Å². The Hall–Kier alpha value is -1.80. The summed E-state index contributed by atoms with van der Waals surface area (Å²) < 4.78 is 37.6. The molecular formula is C11H17F3N6. The predicted molar refractivity (Wildman–Crippen MR) is 69.6 cm³/mol. The van der Waals surface area contributed by atoms with Gasteiger partial charge in [-0.15, -0.1) is 0 Å². The van der Waals surface area contributed by atoms with Crippen LogP contribution in [0.15, 0.2) is 0 Å². The molecule has 1 aliphatic heterocycles. The molecule has 20 heavy (non-hydrogen) atoms. The van der Waals surface area contributed by atoms with Crippen LogP contribution in [0.4, 0.5) is 31.0 Å². The molecular weight excluding hydrogens is 273 g/mol. The zero-order valence-electron chi connectivity index (χ0n) is 11.2. The van der Waals surface area contributed by atoms with E-state index in [2.05, 4.69) is 15.0 Å².